The average molecular weight is 302 g/mol. The number of carbonyl (C=O) groups excluding carboxylic acids is 2. The molecule has 122 valence electrons. The van der Waals surface area contributed by atoms with Gasteiger partial charge in [0.15, 0.2) is 0 Å². The lowest BCUT2D eigenvalue weighted by atomic mass is 9.90. The number of carbonyl (C=O) groups is 3. The fourth-order valence-corrected chi connectivity index (χ4v) is 2.07. The molecule has 0 aromatic carbocycles. The number of methoxy groups -OCH3 is 1. The molecule has 0 aromatic rings. The molecule has 0 heterocycles. The third kappa shape index (κ3) is 6.46. The fourth-order valence-electron chi connectivity index (χ4n) is 2.07. The van der Waals surface area contributed by atoms with E-state index >= 15 is 0 Å². The van der Waals surface area contributed by atoms with Crippen molar-refractivity contribution in [2.75, 3.05) is 7.11 Å². The van der Waals surface area contributed by atoms with E-state index in [0.717, 1.165) is 19.3 Å². The zero-order chi connectivity index (χ0) is 16.5. The fraction of sp³-hybridized carbons (Fsp3) is 0.786. The Labute approximate surface area is 125 Å². The number of hydrogen-bond acceptors (Lipinski definition) is 4. The summed E-state index contributed by atoms with van der Waals surface area (Å²) in [6.45, 7) is 5.91. The Hall–Kier alpha value is -1.79. The topological polar surface area (TPSA) is 105 Å². The van der Waals surface area contributed by atoms with Gasteiger partial charge in [-0.3, -0.25) is 4.79 Å². The maximum absolute atomic E-state index is 12.0. The lowest BCUT2D eigenvalue weighted by Crippen LogP contribution is -2.54. The molecule has 7 heteroatoms. The van der Waals surface area contributed by atoms with E-state index < -0.39 is 24.0 Å². The molecule has 0 rings (SSSR count). The molecule has 0 unspecified atom stereocenters. The van der Waals surface area contributed by atoms with Crippen molar-refractivity contribution in [1.29, 1.82) is 0 Å². The number of aliphatic carboxylic acids is 1. The van der Waals surface area contributed by atoms with Crippen molar-refractivity contribution in [3.05, 3.63) is 0 Å². The molecule has 0 radical (unpaired) electrons. The number of amides is 2. The van der Waals surface area contributed by atoms with Crippen LogP contribution in [0.5, 0.6) is 0 Å². The number of hydrogen-bond donors (Lipinski definition) is 3. The van der Waals surface area contributed by atoms with Crippen LogP contribution in [0, 0.1) is 0 Å². The minimum absolute atomic E-state index is 0.00714. The van der Waals surface area contributed by atoms with Gasteiger partial charge < -0.3 is 20.5 Å². The molecular formula is C14H26N2O5. The summed E-state index contributed by atoms with van der Waals surface area (Å²) in [5.74, 6) is -1.68. The zero-order valence-electron chi connectivity index (χ0n) is 13.2. The van der Waals surface area contributed by atoms with E-state index in [-0.39, 0.29) is 18.4 Å². The summed E-state index contributed by atoms with van der Waals surface area (Å²) in [4.78, 5) is 34.1. The van der Waals surface area contributed by atoms with Gasteiger partial charge in [-0.2, -0.15) is 0 Å². The average Bonchev–Trinajstić information content (AvgIpc) is 2.48. The van der Waals surface area contributed by atoms with Crippen molar-refractivity contribution in [2.45, 2.75) is 64.5 Å². The van der Waals surface area contributed by atoms with E-state index in [1.165, 1.54) is 7.11 Å². The maximum atomic E-state index is 12.0. The molecule has 2 amide bonds. The maximum Gasteiger partial charge on any atom is 0.326 e. The molecule has 0 fully saturated rings. The first-order valence-corrected chi connectivity index (χ1v) is 7.22. The van der Waals surface area contributed by atoms with Crippen LogP contribution in [0.3, 0.4) is 0 Å². The monoisotopic (exact) mass is 302 g/mol. The van der Waals surface area contributed by atoms with Crippen LogP contribution in [-0.4, -0.2) is 41.8 Å². The van der Waals surface area contributed by atoms with E-state index in [0.29, 0.717) is 0 Å². The first kappa shape index (κ1) is 19.2. The highest BCUT2D eigenvalue weighted by Gasteiger charge is 2.28. The van der Waals surface area contributed by atoms with Crippen LogP contribution in [-0.2, 0) is 14.3 Å². The van der Waals surface area contributed by atoms with Gasteiger partial charge in [-0.25, -0.2) is 9.59 Å². The Bertz CT molecular complexity index is 358. The number of esters is 1. The highest BCUT2D eigenvalue weighted by Crippen LogP contribution is 2.18. The van der Waals surface area contributed by atoms with Crippen molar-refractivity contribution in [3.8, 4) is 0 Å². The van der Waals surface area contributed by atoms with Crippen LogP contribution in [0.25, 0.3) is 0 Å². The Balaban J connectivity index is 4.61. The standard InChI is InChI=1S/C14H26N2O5/c1-5-14(6-2,7-3)16-13(20)15-10(12(18)19)8-9-11(17)21-4/h10H,5-9H2,1-4H3,(H,18,19)(H2,15,16,20)/t10-/m1/s1. The first-order valence-electron chi connectivity index (χ1n) is 7.22. The summed E-state index contributed by atoms with van der Waals surface area (Å²) in [7, 11) is 1.23. The summed E-state index contributed by atoms with van der Waals surface area (Å²) in [5, 5.41) is 14.3. The van der Waals surface area contributed by atoms with Crippen LogP contribution >= 0.6 is 0 Å². The zero-order valence-corrected chi connectivity index (χ0v) is 13.2. The van der Waals surface area contributed by atoms with Crippen molar-refractivity contribution in [3.63, 3.8) is 0 Å². The smallest absolute Gasteiger partial charge is 0.326 e. The lowest BCUT2D eigenvalue weighted by molar-refractivity contribution is -0.142. The normalized spacial score (nSPS) is 12.4. The van der Waals surface area contributed by atoms with E-state index in [1.807, 2.05) is 20.8 Å². The molecule has 0 spiro atoms. The number of ether oxygens (including phenoxy) is 1. The highest BCUT2D eigenvalue weighted by atomic mass is 16.5. The van der Waals surface area contributed by atoms with Crippen LogP contribution in [0.2, 0.25) is 0 Å². The molecule has 3 N–H and O–H groups in total. The second-order valence-corrected chi connectivity index (χ2v) is 4.95. The van der Waals surface area contributed by atoms with Gasteiger partial charge in [0.25, 0.3) is 0 Å². The Morgan fingerprint density at radius 1 is 1.14 bits per heavy atom. The predicted molar refractivity (Wildman–Crippen MR) is 77.9 cm³/mol. The van der Waals surface area contributed by atoms with Crippen LogP contribution in [0.15, 0.2) is 0 Å². The number of urea groups is 1. The second kappa shape index (κ2) is 9.20. The van der Waals surface area contributed by atoms with Gasteiger partial charge in [-0.15, -0.1) is 0 Å². The SMILES string of the molecule is CCC(CC)(CC)NC(=O)N[C@H](CCC(=O)OC)C(=O)O. The van der Waals surface area contributed by atoms with E-state index in [2.05, 4.69) is 15.4 Å². The molecule has 1 atom stereocenters. The molecule has 21 heavy (non-hydrogen) atoms. The summed E-state index contributed by atoms with van der Waals surface area (Å²) in [5.41, 5.74) is -0.338. The van der Waals surface area contributed by atoms with Gasteiger partial charge in [0.2, 0.25) is 0 Å². The third-order valence-electron chi connectivity index (χ3n) is 3.88. The summed E-state index contributed by atoms with van der Waals surface area (Å²) in [6.07, 6.45) is 2.20. The van der Waals surface area contributed by atoms with Crippen LogP contribution < -0.4 is 10.6 Å². The Kier molecular flexibility index (Phi) is 8.42. The molecule has 0 aliphatic heterocycles. The number of nitrogens with one attached hydrogen (secondary N) is 2. The largest absolute Gasteiger partial charge is 0.480 e. The number of rotatable bonds is 9. The lowest BCUT2D eigenvalue weighted by Gasteiger charge is -2.32. The van der Waals surface area contributed by atoms with Gasteiger partial charge >= 0.3 is 18.0 Å². The Morgan fingerprint density at radius 2 is 1.67 bits per heavy atom. The second-order valence-electron chi connectivity index (χ2n) is 4.95. The molecule has 0 saturated carbocycles. The van der Waals surface area contributed by atoms with Gasteiger partial charge in [0, 0.05) is 12.0 Å². The van der Waals surface area contributed by atoms with Gasteiger partial charge in [0.1, 0.15) is 6.04 Å². The number of carboxylic acid groups (broad SMARTS) is 1. The molecule has 0 aliphatic rings. The predicted octanol–water partition coefficient (Wildman–Crippen LogP) is 1.66. The van der Waals surface area contributed by atoms with Crippen molar-refractivity contribution in [1.82, 2.24) is 10.6 Å². The molecule has 0 bridgehead atoms. The highest BCUT2D eigenvalue weighted by molar-refractivity contribution is 5.83. The van der Waals surface area contributed by atoms with Crippen molar-refractivity contribution < 1.29 is 24.2 Å². The number of carboxylic acids is 1. The molecule has 0 aliphatic carbocycles. The molecule has 7 nitrogen and oxygen atoms in total. The van der Waals surface area contributed by atoms with Crippen LogP contribution in [0.4, 0.5) is 4.79 Å². The summed E-state index contributed by atoms with van der Waals surface area (Å²) in [6, 6.07) is -1.65. The van der Waals surface area contributed by atoms with E-state index in [9.17, 15) is 14.4 Å². The van der Waals surface area contributed by atoms with Gasteiger partial charge in [-0.05, 0) is 25.7 Å². The van der Waals surface area contributed by atoms with Gasteiger partial charge in [-0.1, -0.05) is 20.8 Å². The molecule has 0 aromatic heterocycles. The summed E-state index contributed by atoms with van der Waals surface area (Å²) < 4.78 is 4.46. The summed E-state index contributed by atoms with van der Waals surface area (Å²) >= 11 is 0. The van der Waals surface area contributed by atoms with Crippen molar-refractivity contribution >= 4 is 18.0 Å². The quantitative estimate of drug-likeness (QED) is 0.562. The molecular weight excluding hydrogens is 276 g/mol. The molecule has 0 saturated heterocycles. The minimum atomic E-state index is -1.18. The minimum Gasteiger partial charge on any atom is -0.480 e. The van der Waals surface area contributed by atoms with E-state index in [1.54, 1.807) is 0 Å². The van der Waals surface area contributed by atoms with Gasteiger partial charge in [0.05, 0.1) is 7.11 Å². The first-order chi connectivity index (χ1) is 9.83. The van der Waals surface area contributed by atoms with Crippen molar-refractivity contribution in [2.24, 2.45) is 0 Å². The third-order valence-corrected chi connectivity index (χ3v) is 3.88. The van der Waals surface area contributed by atoms with Crippen LogP contribution in [0.1, 0.15) is 52.9 Å². The Morgan fingerprint density at radius 3 is 2.05 bits per heavy atom. The van der Waals surface area contributed by atoms with E-state index in [4.69, 9.17) is 5.11 Å².